The van der Waals surface area contributed by atoms with Crippen LogP contribution in [0.2, 0.25) is 22.2 Å². The molecular weight excluding hydrogens is 396 g/mol. The minimum absolute atomic E-state index is 0.0708. The van der Waals surface area contributed by atoms with Crippen LogP contribution >= 0.6 is 0 Å². The van der Waals surface area contributed by atoms with Gasteiger partial charge in [-0.3, -0.25) is 4.79 Å². The maximum absolute atomic E-state index is 13.7. The molecule has 1 radical (unpaired) electrons. The van der Waals surface area contributed by atoms with Crippen LogP contribution in [-0.4, -0.2) is 36.8 Å². The third kappa shape index (κ3) is 7.78. The van der Waals surface area contributed by atoms with E-state index in [1.54, 1.807) is 0 Å². The third-order valence-corrected chi connectivity index (χ3v) is 15.2. The molecule has 0 aliphatic heterocycles. The fourth-order valence-electron chi connectivity index (χ4n) is 4.03. The molecule has 0 aromatic heterocycles. The number of carbonyl (C=O) groups excluding carboxylic acids is 1. The van der Waals surface area contributed by atoms with Crippen LogP contribution in [0.4, 0.5) is 0 Å². The molecule has 0 aromatic carbocycles. The van der Waals surface area contributed by atoms with Crippen LogP contribution in [0.15, 0.2) is 0 Å². The minimum atomic E-state index is -2.28. The maximum atomic E-state index is 13.7. The lowest BCUT2D eigenvalue weighted by atomic mass is 10.1. The molecule has 0 amide bonds. The zero-order valence-corrected chi connectivity index (χ0v) is 22.9. The minimum Gasteiger partial charge on any atom is -0.518 e. The molecule has 3 atom stereocenters. The average molecular weight is 446 g/mol. The molecule has 0 aliphatic rings. The van der Waals surface area contributed by atoms with E-state index in [9.17, 15) is 4.79 Å². The lowest BCUT2D eigenvalue weighted by Gasteiger charge is -2.43. The monoisotopic (exact) mass is 445 g/mol. The standard InChI is InChI=1S/C23H49O4Si2/c1-10-16-17-18-19-29(20(7)11-2,21(8)12-3)27-22(24)23(9,13-4)28(25-14-5)26-15-6/h20-21H,10-19H2,1-9H3. The topological polar surface area (TPSA) is 44.8 Å². The van der Waals surface area contributed by atoms with Crippen LogP contribution in [0.25, 0.3) is 0 Å². The van der Waals surface area contributed by atoms with Crippen LogP contribution in [0.3, 0.4) is 0 Å². The van der Waals surface area contributed by atoms with E-state index in [2.05, 4.69) is 41.5 Å². The van der Waals surface area contributed by atoms with Gasteiger partial charge in [-0.25, -0.2) is 0 Å². The zero-order valence-electron chi connectivity index (χ0n) is 20.9. The van der Waals surface area contributed by atoms with Crippen LogP contribution < -0.4 is 0 Å². The Kier molecular flexibility index (Phi) is 14.7. The molecule has 0 saturated carbocycles. The Balaban J connectivity index is 5.88. The molecule has 0 N–H and O–H groups in total. The molecule has 4 nitrogen and oxygen atoms in total. The first-order chi connectivity index (χ1) is 13.7. The highest BCUT2D eigenvalue weighted by Crippen LogP contribution is 2.46. The summed E-state index contributed by atoms with van der Waals surface area (Å²) in [4.78, 5) is 13.7. The predicted octanol–water partition coefficient (Wildman–Crippen LogP) is 7.39. The molecule has 0 rings (SSSR count). The molecule has 29 heavy (non-hydrogen) atoms. The van der Waals surface area contributed by atoms with E-state index in [0.717, 1.165) is 18.9 Å². The first kappa shape index (κ1) is 28.8. The lowest BCUT2D eigenvalue weighted by Crippen LogP contribution is -2.52. The van der Waals surface area contributed by atoms with Crippen molar-refractivity contribution in [2.75, 3.05) is 13.2 Å². The van der Waals surface area contributed by atoms with E-state index < -0.39 is 22.6 Å². The second kappa shape index (κ2) is 14.8. The van der Waals surface area contributed by atoms with E-state index in [1.807, 2.05) is 20.8 Å². The van der Waals surface area contributed by atoms with E-state index in [-0.39, 0.29) is 5.97 Å². The summed E-state index contributed by atoms with van der Waals surface area (Å²) in [6, 6.07) is 1.08. The molecule has 0 fully saturated rings. The predicted molar refractivity (Wildman–Crippen MR) is 128 cm³/mol. The smallest absolute Gasteiger partial charge is 0.402 e. The average Bonchev–Trinajstić information content (AvgIpc) is 2.73. The SMILES string of the molecule is CCCCCC[Si](OC(=O)C(C)(CC)[Si](OCC)OCC)(C(C)CC)C(C)CC. The summed E-state index contributed by atoms with van der Waals surface area (Å²) >= 11 is 0. The molecule has 173 valence electrons. The van der Waals surface area contributed by atoms with Crippen LogP contribution in [-0.2, 0) is 18.1 Å². The van der Waals surface area contributed by atoms with E-state index in [4.69, 9.17) is 13.3 Å². The van der Waals surface area contributed by atoms with Gasteiger partial charge in [-0.1, -0.05) is 80.1 Å². The highest BCUT2D eigenvalue weighted by molar-refractivity contribution is 6.78. The van der Waals surface area contributed by atoms with Crippen molar-refractivity contribution in [1.29, 1.82) is 0 Å². The normalized spacial score (nSPS) is 18.1. The van der Waals surface area contributed by atoms with Crippen molar-refractivity contribution in [1.82, 2.24) is 0 Å². The maximum Gasteiger partial charge on any atom is 0.402 e. The van der Waals surface area contributed by atoms with Gasteiger partial charge in [-0.2, -0.15) is 0 Å². The molecular formula is C23H49O4Si2. The Morgan fingerprint density at radius 3 is 1.79 bits per heavy atom. The Hall–Kier alpha value is -0.176. The van der Waals surface area contributed by atoms with Crippen molar-refractivity contribution in [2.45, 2.75) is 129 Å². The molecule has 6 heteroatoms. The summed E-state index contributed by atoms with van der Waals surface area (Å²) in [5, 5.41) is -0.681. The van der Waals surface area contributed by atoms with Gasteiger partial charge >= 0.3 is 9.28 Å². The zero-order chi connectivity index (χ0) is 22.5. The Bertz CT molecular complexity index is 431. The fraction of sp³-hybridized carbons (Fsp3) is 0.957. The molecule has 0 heterocycles. The summed E-state index contributed by atoms with van der Waals surface area (Å²) < 4.78 is 18.6. The Labute approximate surface area is 184 Å². The summed E-state index contributed by atoms with van der Waals surface area (Å²) in [5.74, 6) is -0.0708. The number of rotatable bonds is 17. The Morgan fingerprint density at radius 1 is 0.897 bits per heavy atom. The highest BCUT2D eigenvalue weighted by Gasteiger charge is 2.53. The van der Waals surface area contributed by atoms with Crippen molar-refractivity contribution in [3.05, 3.63) is 0 Å². The van der Waals surface area contributed by atoms with Gasteiger partial charge in [0, 0.05) is 13.2 Å². The fourth-order valence-corrected chi connectivity index (χ4v) is 11.1. The summed E-state index contributed by atoms with van der Waals surface area (Å²) in [5.41, 5.74) is 0.915. The molecule has 0 saturated heterocycles. The van der Waals surface area contributed by atoms with Gasteiger partial charge in [0.15, 0.2) is 0 Å². The summed E-state index contributed by atoms with van der Waals surface area (Å²) in [6.07, 6.45) is 7.69. The second-order valence-corrected chi connectivity index (χ2v) is 15.5. The summed E-state index contributed by atoms with van der Waals surface area (Å²) in [6.45, 7) is 20.5. The molecule has 3 unspecified atom stereocenters. The van der Waals surface area contributed by atoms with Crippen molar-refractivity contribution < 1.29 is 18.1 Å². The molecule has 0 aromatic rings. The second-order valence-electron chi connectivity index (χ2n) is 8.61. The lowest BCUT2D eigenvalue weighted by molar-refractivity contribution is -0.140. The van der Waals surface area contributed by atoms with Gasteiger partial charge in [-0.05, 0) is 44.3 Å². The van der Waals surface area contributed by atoms with E-state index in [1.165, 1.54) is 25.7 Å². The quantitative estimate of drug-likeness (QED) is 0.173. The van der Waals surface area contributed by atoms with Gasteiger partial charge in [0.1, 0.15) is 5.04 Å². The van der Waals surface area contributed by atoms with Crippen LogP contribution in [0.5, 0.6) is 0 Å². The number of hydrogen-bond acceptors (Lipinski definition) is 4. The highest BCUT2D eigenvalue weighted by atomic mass is 28.4. The van der Waals surface area contributed by atoms with Gasteiger partial charge in [-0.15, -0.1) is 0 Å². The van der Waals surface area contributed by atoms with Crippen molar-refractivity contribution in [3.8, 4) is 0 Å². The van der Waals surface area contributed by atoms with Crippen LogP contribution in [0, 0.1) is 0 Å². The number of unbranched alkanes of at least 4 members (excludes halogenated alkanes) is 3. The molecule has 0 spiro atoms. The van der Waals surface area contributed by atoms with Crippen molar-refractivity contribution >= 4 is 23.6 Å². The van der Waals surface area contributed by atoms with Crippen LogP contribution in [0.1, 0.15) is 107 Å². The summed E-state index contributed by atoms with van der Waals surface area (Å²) in [7, 11) is -4.03. The number of hydrogen-bond donors (Lipinski definition) is 0. The van der Waals surface area contributed by atoms with E-state index in [0.29, 0.717) is 30.7 Å². The van der Waals surface area contributed by atoms with Crippen molar-refractivity contribution in [2.24, 2.45) is 0 Å². The van der Waals surface area contributed by atoms with Gasteiger partial charge in [0.25, 0.3) is 14.3 Å². The Morgan fingerprint density at radius 2 is 1.41 bits per heavy atom. The first-order valence-corrected chi connectivity index (χ1v) is 15.7. The number of carbonyl (C=O) groups is 1. The molecule has 0 aliphatic carbocycles. The van der Waals surface area contributed by atoms with E-state index >= 15 is 0 Å². The van der Waals surface area contributed by atoms with Gasteiger partial charge < -0.3 is 13.3 Å². The third-order valence-electron chi connectivity index (χ3n) is 6.76. The first-order valence-electron chi connectivity index (χ1n) is 12.1. The van der Waals surface area contributed by atoms with Crippen molar-refractivity contribution in [3.63, 3.8) is 0 Å². The van der Waals surface area contributed by atoms with Gasteiger partial charge in [0.05, 0.1) is 0 Å². The van der Waals surface area contributed by atoms with Gasteiger partial charge in [0.2, 0.25) is 0 Å². The largest absolute Gasteiger partial charge is 0.518 e. The molecule has 0 bridgehead atoms.